The molecular weight excluding hydrogens is 294 g/mol. The topological polar surface area (TPSA) is 59.0 Å². The zero-order chi connectivity index (χ0) is 16.4. The van der Waals surface area contributed by atoms with Crippen molar-refractivity contribution < 1.29 is 19.4 Å². The fourth-order valence-corrected chi connectivity index (χ4v) is 2.74. The van der Waals surface area contributed by atoms with Crippen molar-refractivity contribution in [3.63, 3.8) is 0 Å². The molecule has 1 aliphatic rings. The molecule has 0 saturated carbocycles. The highest BCUT2D eigenvalue weighted by atomic mass is 16.5. The van der Waals surface area contributed by atoms with Gasteiger partial charge >= 0.3 is 0 Å². The fraction of sp³-hybridized carbons (Fsp3) is 0.278. The van der Waals surface area contributed by atoms with Crippen LogP contribution < -0.4 is 14.4 Å². The maximum Gasteiger partial charge on any atom is 0.268 e. The highest BCUT2D eigenvalue weighted by Gasteiger charge is 2.33. The van der Waals surface area contributed by atoms with E-state index in [9.17, 15) is 9.90 Å². The van der Waals surface area contributed by atoms with Crippen LogP contribution in [-0.2, 0) is 11.2 Å². The molecule has 2 aromatic rings. The lowest BCUT2D eigenvalue weighted by Crippen LogP contribution is -2.46. The van der Waals surface area contributed by atoms with Gasteiger partial charge in [-0.05, 0) is 36.8 Å². The lowest BCUT2D eigenvalue weighted by Gasteiger charge is -2.33. The molecule has 1 atom stereocenters. The standard InChI is InChI=1S/C18H19NO4/c1-3-19-15-11-13(20)6-9-16(15)23-17(18(19)21)10-12-4-7-14(22-2)8-5-12/h4-9,11,17,20H,3,10H2,1-2H3. The number of nitrogens with zero attached hydrogens (tertiary/aromatic N) is 1. The van der Waals surface area contributed by atoms with Gasteiger partial charge in [-0.2, -0.15) is 0 Å². The summed E-state index contributed by atoms with van der Waals surface area (Å²) in [5.41, 5.74) is 1.62. The number of fused-ring (bicyclic) bond motifs is 1. The van der Waals surface area contributed by atoms with Crippen LogP contribution in [0, 0.1) is 0 Å². The van der Waals surface area contributed by atoms with Gasteiger partial charge in [0.2, 0.25) is 0 Å². The maximum absolute atomic E-state index is 12.7. The molecular formula is C18H19NO4. The lowest BCUT2D eigenvalue weighted by molar-refractivity contribution is -0.126. The molecule has 0 fully saturated rings. The second kappa shape index (κ2) is 6.20. The summed E-state index contributed by atoms with van der Waals surface area (Å²) in [6.07, 6.45) is -0.0833. The molecule has 1 unspecified atom stereocenters. The number of methoxy groups -OCH3 is 1. The Morgan fingerprint density at radius 1 is 1.22 bits per heavy atom. The molecule has 0 spiro atoms. The van der Waals surface area contributed by atoms with Crippen molar-refractivity contribution >= 4 is 11.6 Å². The van der Waals surface area contributed by atoms with Crippen molar-refractivity contribution in [3.05, 3.63) is 48.0 Å². The van der Waals surface area contributed by atoms with Crippen molar-refractivity contribution in [3.8, 4) is 17.2 Å². The number of phenols is 1. The van der Waals surface area contributed by atoms with Crippen molar-refractivity contribution in [2.45, 2.75) is 19.4 Å². The van der Waals surface area contributed by atoms with Crippen LogP contribution in [0.4, 0.5) is 5.69 Å². The molecule has 3 rings (SSSR count). The first-order chi connectivity index (χ1) is 11.1. The number of amides is 1. The highest BCUT2D eigenvalue weighted by Crippen LogP contribution is 2.37. The quantitative estimate of drug-likeness (QED) is 0.943. The van der Waals surface area contributed by atoms with Crippen LogP contribution in [0.1, 0.15) is 12.5 Å². The predicted octanol–water partition coefficient (Wildman–Crippen LogP) is 2.76. The molecule has 1 aliphatic heterocycles. The zero-order valence-electron chi connectivity index (χ0n) is 13.2. The first kappa shape index (κ1) is 15.2. The predicted molar refractivity (Wildman–Crippen MR) is 87.2 cm³/mol. The van der Waals surface area contributed by atoms with E-state index in [1.165, 1.54) is 0 Å². The van der Waals surface area contributed by atoms with Gasteiger partial charge in [-0.25, -0.2) is 0 Å². The number of anilines is 1. The summed E-state index contributed by atoms with van der Waals surface area (Å²) in [4.78, 5) is 14.3. The number of aromatic hydroxyl groups is 1. The summed E-state index contributed by atoms with van der Waals surface area (Å²) in [7, 11) is 1.62. The second-order valence-corrected chi connectivity index (χ2v) is 5.39. The molecule has 2 aromatic carbocycles. The van der Waals surface area contributed by atoms with Gasteiger partial charge in [0, 0.05) is 19.0 Å². The molecule has 5 heteroatoms. The van der Waals surface area contributed by atoms with Gasteiger partial charge in [0.05, 0.1) is 12.8 Å². The van der Waals surface area contributed by atoms with Crippen LogP contribution in [0.25, 0.3) is 0 Å². The third-order valence-corrected chi connectivity index (χ3v) is 3.94. The Hall–Kier alpha value is -2.69. The van der Waals surface area contributed by atoms with E-state index in [0.717, 1.165) is 11.3 Å². The average Bonchev–Trinajstić information content (AvgIpc) is 2.57. The van der Waals surface area contributed by atoms with Crippen molar-refractivity contribution in [1.29, 1.82) is 0 Å². The molecule has 5 nitrogen and oxygen atoms in total. The van der Waals surface area contributed by atoms with E-state index in [-0.39, 0.29) is 11.7 Å². The Bertz CT molecular complexity index is 711. The van der Waals surface area contributed by atoms with Gasteiger partial charge in [-0.1, -0.05) is 12.1 Å². The van der Waals surface area contributed by atoms with E-state index in [1.807, 2.05) is 31.2 Å². The van der Waals surface area contributed by atoms with Gasteiger partial charge in [0.1, 0.15) is 17.2 Å². The molecule has 0 bridgehead atoms. The normalized spacial score (nSPS) is 16.7. The monoisotopic (exact) mass is 313 g/mol. The third kappa shape index (κ3) is 2.95. The number of ether oxygens (including phenoxy) is 2. The summed E-state index contributed by atoms with van der Waals surface area (Å²) in [6.45, 7) is 2.43. The number of rotatable bonds is 4. The van der Waals surface area contributed by atoms with Gasteiger partial charge in [-0.15, -0.1) is 0 Å². The Kier molecular flexibility index (Phi) is 4.10. The first-order valence-corrected chi connectivity index (χ1v) is 7.56. The molecule has 1 heterocycles. The summed E-state index contributed by atoms with van der Waals surface area (Å²) in [5, 5.41) is 9.63. The third-order valence-electron chi connectivity index (χ3n) is 3.94. The minimum Gasteiger partial charge on any atom is -0.508 e. The van der Waals surface area contributed by atoms with Gasteiger partial charge in [0.25, 0.3) is 5.91 Å². The van der Waals surface area contributed by atoms with Crippen LogP contribution in [0.2, 0.25) is 0 Å². The first-order valence-electron chi connectivity index (χ1n) is 7.56. The largest absolute Gasteiger partial charge is 0.508 e. The van der Waals surface area contributed by atoms with E-state index >= 15 is 0 Å². The SMILES string of the molecule is CCN1C(=O)C(Cc2ccc(OC)cc2)Oc2ccc(O)cc21. The Balaban J connectivity index is 1.86. The van der Waals surface area contributed by atoms with Crippen LogP contribution in [0.5, 0.6) is 17.2 Å². The summed E-state index contributed by atoms with van der Waals surface area (Å²) >= 11 is 0. The van der Waals surface area contributed by atoms with Crippen molar-refractivity contribution in [1.82, 2.24) is 0 Å². The Labute approximate surface area is 135 Å². The summed E-state index contributed by atoms with van der Waals surface area (Å²) in [6, 6.07) is 12.4. The van der Waals surface area contributed by atoms with Gasteiger partial charge < -0.3 is 19.5 Å². The maximum atomic E-state index is 12.7. The van der Waals surface area contributed by atoms with Crippen molar-refractivity contribution in [2.75, 3.05) is 18.6 Å². The van der Waals surface area contributed by atoms with E-state index in [0.29, 0.717) is 24.4 Å². The Morgan fingerprint density at radius 3 is 2.61 bits per heavy atom. The number of hydrogen-bond donors (Lipinski definition) is 1. The van der Waals surface area contributed by atoms with E-state index in [2.05, 4.69) is 0 Å². The van der Waals surface area contributed by atoms with Crippen molar-refractivity contribution in [2.24, 2.45) is 0 Å². The molecule has 120 valence electrons. The number of likely N-dealkylation sites (N-methyl/N-ethyl adjacent to an activating group) is 1. The molecule has 0 radical (unpaired) electrons. The number of phenolic OH excluding ortho intramolecular Hbond substituents is 1. The number of hydrogen-bond acceptors (Lipinski definition) is 4. The Morgan fingerprint density at radius 2 is 1.96 bits per heavy atom. The number of carbonyl (C=O) groups excluding carboxylic acids is 1. The smallest absolute Gasteiger partial charge is 0.268 e. The van der Waals surface area contributed by atoms with Crippen LogP contribution in [-0.4, -0.2) is 30.8 Å². The minimum absolute atomic E-state index is 0.0959. The van der Waals surface area contributed by atoms with E-state index < -0.39 is 6.10 Å². The summed E-state index contributed by atoms with van der Waals surface area (Å²) < 4.78 is 11.0. The number of benzene rings is 2. The minimum atomic E-state index is -0.569. The van der Waals surface area contributed by atoms with Gasteiger partial charge in [-0.3, -0.25) is 4.79 Å². The molecule has 0 aromatic heterocycles. The molecule has 1 amide bonds. The van der Waals surface area contributed by atoms with Crippen LogP contribution in [0.15, 0.2) is 42.5 Å². The molecule has 0 aliphatic carbocycles. The van der Waals surface area contributed by atoms with Crippen LogP contribution >= 0.6 is 0 Å². The van der Waals surface area contributed by atoms with E-state index in [1.54, 1.807) is 30.2 Å². The summed E-state index contributed by atoms with van der Waals surface area (Å²) in [5.74, 6) is 1.41. The highest BCUT2D eigenvalue weighted by molar-refractivity contribution is 6.00. The van der Waals surface area contributed by atoms with Gasteiger partial charge in [0.15, 0.2) is 6.10 Å². The number of carbonyl (C=O) groups is 1. The van der Waals surface area contributed by atoms with E-state index in [4.69, 9.17) is 9.47 Å². The second-order valence-electron chi connectivity index (χ2n) is 5.39. The average molecular weight is 313 g/mol. The zero-order valence-corrected chi connectivity index (χ0v) is 13.2. The molecule has 23 heavy (non-hydrogen) atoms. The fourth-order valence-electron chi connectivity index (χ4n) is 2.74. The molecule has 0 saturated heterocycles. The van der Waals surface area contributed by atoms with Crippen LogP contribution in [0.3, 0.4) is 0 Å². The molecule has 1 N–H and O–H groups in total. The lowest BCUT2D eigenvalue weighted by atomic mass is 10.0.